The van der Waals surface area contributed by atoms with Crippen LogP contribution in [-0.2, 0) is 0 Å². The van der Waals surface area contributed by atoms with Gasteiger partial charge >= 0.3 is 0 Å². The van der Waals surface area contributed by atoms with Crippen molar-refractivity contribution in [1.29, 1.82) is 0 Å². The molecule has 5 aliphatic rings. The number of anilines is 5. The first-order chi connectivity index (χ1) is 59.6. The maximum Gasteiger partial charge on any atom is 0.0737 e. The third kappa shape index (κ3) is 35.2. The number of likely N-dealkylation sites (tertiary alicyclic amines) is 5. The number of fused-ring (bicyclic) bond motifs is 5. The number of unbranched alkanes of at least 4 members (excludes halogenated alkanes) is 16. The molecule has 15 rings (SSSR count). The van der Waals surface area contributed by atoms with Gasteiger partial charge in [0.25, 0.3) is 0 Å². The van der Waals surface area contributed by atoms with Crippen LogP contribution in [0.3, 0.4) is 0 Å². The molecule has 0 unspecified atom stereocenters. The summed E-state index contributed by atoms with van der Waals surface area (Å²) in [6.45, 7) is 26.7. The number of nitrogens with zero attached hydrogens (tertiary/aromatic N) is 10. The van der Waals surface area contributed by atoms with Crippen molar-refractivity contribution >= 4 is 129 Å². The molecule has 0 bridgehead atoms. The minimum absolute atomic E-state index is 0.734. The molecule has 5 saturated heterocycles. The monoisotopic (exact) mass is 1720 g/mol. The highest BCUT2D eigenvalue weighted by Gasteiger charge is 2.16. The predicted molar refractivity (Wildman–Crippen MR) is 524 cm³/mol. The zero-order chi connectivity index (χ0) is 83.8. The van der Waals surface area contributed by atoms with Crippen molar-refractivity contribution in [2.45, 2.75) is 238 Å². The second-order valence-electron chi connectivity index (χ2n) is 34.5. The number of para-hydroxylation sites is 1. The summed E-state index contributed by atoms with van der Waals surface area (Å²) in [7, 11) is 0. The molecule has 0 amide bonds. The number of benzene rings is 5. The summed E-state index contributed by atoms with van der Waals surface area (Å²) in [5, 5.41) is 26.6. The topological polar surface area (TPSA) is 141 Å². The SMILES string of the molecule is Cc1cc(NCCCCCCN2CCCCC2)c2ccccc2n1.Clc1ccc2c(NCCCCCCCCCCN3CCCCC3)ccnc2c1.Clc1ccc2c(NCCCCCCCCN3CCCCC3)ccnc2c1.Clc1ccc2c(NCCCCN3CCCCC3)ccnc2c1.Clc1ccc2c(NCCCN3CCCCC3)ccnc2c1. The standard InChI is InChI=1S/C24H36ClN3.C22H32ClN3.C21H31N3.C18H24ClN3.C17H22ClN3/c25-21-12-13-22-23(14-16-27-24(22)20-21)26-15-8-5-3-1-2-4-6-9-17-28-18-10-7-11-19-28;23-19-10-11-20-21(12-14-25-22(20)18-19)24-13-6-3-1-2-4-7-15-26-16-8-5-9-17-26;1-18-17-21(19-11-5-6-12-20(19)23-18)22-13-7-2-3-8-14-24-15-9-4-10-16-24;19-15-6-7-16-17(8-10-21-18(16)14-15)20-9-2-5-13-22-11-3-1-4-12-22;18-14-5-6-15-16(7-9-20-17(15)13-14)19-8-4-12-21-10-2-1-3-11-21/h12-14,16,20H,1-11,15,17-19H2,(H,26,27);10-12,14,18H,1-9,13,15-17H2,(H,24,25);5-6,11-12,17H,2-4,7-10,13-16H2,1H3,(H,22,23);6-8,10,14H,1-5,9,11-13H2,(H,20,21);5-7,9,13H,1-4,8,10-12H2,(H,19,20). The van der Waals surface area contributed by atoms with Gasteiger partial charge in [-0.3, -0.25) is 24.9 Å². The smallest absolute Gasteiger partial charge is 0.0737 e. The van der Waals surface area contributed by atoms with Crippen LogP contribution in [0.15, 0.2) is 152 Å². The molecule has 121 heavy (non-hydrogen) atoms. The highest BCUT2D eigenvalue weighted by Crippen LogP contribution is 2.31. The van der Waals surface area contributed by atoms with E-state index in [9.17, 15) is 0 Å². The third-order valence-electron chi connectivity index (χ3n) is 24.7. The van der Waals surface area contributed by atoms with E-state index in [1.807, 2.05) is 97.6 Å². The lowest BCUT2D eigenvalue weighted by atomic mass is 10.1. The first kappa shape index (κ1) is 94.8. The van der Waals surface area contributed by atoms with Crippen molar-refractivity contribution in [3.05, 3.63) is 178 Å². The van der Waals surface area contributed by atoms with Crippen molar-refractivity contribution in [1.82, 2.24) is 49.4 Å². The van der Waals surface area contributed by atoms with E-state index >= 15 is 0 Å². The molecular formula is C102H145Cl4N15. The largest absolute Gasteiger partial charge is 0.384 e. The zero-order valence-corrected chi connectivity index (χ0v) is 76.5. The summed E-state index contributed by atoms with van der Waals surface area (Å²) in [4.78, 5) is 35.3. The summed E-state index contributed by atoms with van der Waals surface area (Å²) >= 11 is 24.2. The van der Waals surface area contributed by atoms with Crippen LogP contribution >= 0.6 is 46.4 Å². The van der Waals surface area contributed by atoms with Gasteiger partial charge in [-0.25, -0.2) is 0 Å². The number of piperidine rings is 5. The van der Waals surface area contributed by atoms with E-state index in [0.29, 0.717) is 0 Å². The Morgan fingerprint density at radius 1 is 0.240 bits per heavy atom. The molecule has 5 aromatic heterocycles. The molecular weight excluding hydrogens is 1580 g/mol. The van der Waals surface area contributed by atoms with Gasteiger partial charge in [0.1, 0.15) is 0 Å². The Morgan fingerprint density at radius 2 is 0.479 bits per heavy atom. The van der Waals surface area contributed by atoms with Gasteiger partial charge in [0, 0.05) is 139 Å². The third-order valence-corrected chi connectivity index (χ3v) is 25.7. The zero-order valence-electron chi connectivity index (χ0n) is 73.5. The Balaban J connectivity index is 0.000000148. The lowest BCUT2D eigenvalue weighted by Crippen LogP contribution is -2.31. The Labute approximate surface area is 747 Å². The summed E-state index contributed by atoms with van der Waals surface area (Å²) in [5.74, 6) is 0. The van der Waals surface area contributed by atoms with Crippen molar-refractivity contribution < 1.29 is 0 Å². The van der Waals surface area contributed by atoms with Crippen LogP contribution < -0.4 is 26.6 Å². The average Bonchev–Trinajstić information content (AvgIpc) is 0.852. The van der Waals surface area contributed by atoms with Gasteiger partial charge in [0.15, 0.2) is 0 Å². The van der Waals surface area contributed by atoms with Crippen LogP contribution in [0.5, 0.6) is 0 Å². The molecule has 0 radical (unpaired) electrons. The number of hydrogen-bond donors (Lipinski definition) is 5. The van der Waals surface area contributed by atoms with E-state index in [1.165, 1.54) is 340 Å². The molecule has 19 heteroatoms. The van der Waals surface area contributed by atoms with Gasteiger partial charge in [0.2, 0.25) is 0 Å². The molecule has 5 aromatic carbocycles. The molecule has 10 aromatic rings. The highest BCUT2D eigenvalue weighted by molar-refractivity contribution is 6.32. The second kappa shape index (κ2) is 56.2. The summed E-state index contributed by atoms with van der Waals surface area (Å²) < 4.78 is 0. The Morgan fingerprint density at radius 3 is 0.793 bits per heavy atom. The first-order valence-corrected chi connectivity index (χ1v) is 49.0. The van der Waals surface area contributed by atoms with Gasteiger partial charge in [-0.2, -0.15) is 0 Å². The fourth-order valence-corrected chi connectivity index (χ4v) is 18.5. The average molecular weight is 1720 g/mol. The van der Waals surface area contributed by atoms with Gasteiger partial charge in [-0.15, -0.1) is 0 Å². The van der Waals surface area contributed by atoms with Crippen LogP contribution in [0.25, 0.3) is 54.5 Å². The van der Waals surface area contributed by atoms with E-state index in [2.05, 4.69) is 138 Å². The molecule has 15 nitrogen and oxygen atoms in total. The maximum atomic E-state index is 6.06. The maximum absolute atomic E-state index is 6.06. The normalized spacial score (nSPS) is 15.7. The first-order valence-electron chi connectivity index (χ1n) is 47.5. The van der Waals surface area contributed by atoms with Crippen LogP contribution in [0.1, 0.15) is 237 Å². The molecule has 0 saturated carbocycles. The summed E-state index contributed by atoms with van der Waals surface area (Å²) in [5.41, 5.74) is 11.8. The van der Waals surface area contributed by atoms with Crippen molar-refractivity contribution in [3.63, 3.8) is 0 Å². The van der Waals surface area contributed by atoms with E-state index in [4.69, 9.17) is 46.4 Å². The van der Waals surface area contributed by atoms with Gasteiger partial charge in [-0.05, 0) is 336 Å². The number of aryl methyl sites for hydroxylation is 1. The molecule has 5 N–H and O–H groups in total. The fourth-order valence-electron chi connectivity index (χ4n) is 17.9. The van der Waals surface area contributed by atoms with Crippen LogP contribution in [0.2, 0.25) is 20.1 Å². The lowest BCUT2D eigenvalue weighted by Gasteiger charge is -2.26. The number of hydrogen-bond acceptors (Lipinski definition) is 15. The summed E-state index contributed by atoms with van der Waals surface area (Å²) in [6, 6.07) is 42.3. The molecule has 0 atom stereocenters. The highest BCUT2D eigenvalue weighted by atomic mass is 35.5. The molecule has 5 aliphatic heterocycles. The predicted octanol–water partition coefficient (Wildman–Crippen LogP) is 26.8. The van der Waals surface area contributed by atoms with Crippen molar-refractivity contribution in [2.24, 2.45) is 0 Å². The Kier molecular flexibility index (Phi) is 44.0. The number of rotatable bonds is 41. The lowest BCUT2D eigenvalue weighted by molar-refractivity contribution is 0.224. The van der Waals surface area contributed by atoms with E-state index in [0.717, 1.165) is 130 Å². The quantitative estimate of drug-likeness (QED) is 0.0232. The number of halogens is 4. The van der Waals surface area contributed by atoms with Crippen LogP contribution in [-0.4, -0.2) is 180 Å². The van der Waals surface area contributed by atoms with Gasteiger partial charge in [-0.1, -0.05) is 174 Å². The molecule has 5 fully saturated rings. The summed E-state index contributed by atoms with van der Waals surface area (Å²) in [6.07, 6.45) is 56.4. The minimum Gasteiger partial charge on any atom is -0.384 e. The van der Waals surface area contributed by atoms with E-state index in [1.54, 1.807) is 0 Å². The molecule has 10 heterocycles. The van der Waals surface area contributed by atoms with Crippen molar-refractivity contribution in [2.75, 3.05) is 157 Å². The Hall–Kier alpha value is -6.89. The number of aromatic nitrogens is 5. The van der Waals surface area contributed by atoms with E-state index in [-0.39, 0.29) is 0 Å². The van der Waals surface area contributed by atoms with E-state index < -0.39 is 0 Å². The number of nitrogens with one attached hydrogen (secondary N) is 5. The molecule has 0 aliphatic carbocycles. The fraction of sp³-hybridized carbons (Fsp3) is 0.559. The van der Waals surface area contributed by atoms with Gasteiger partial charge in [0.05, 0.1) is 27.6 Å². The van der Waals surface area contributed by atoms with Gasteiger partial charge < -0.3 is 51.1 Å². The second-order valence-corrected chi connectivity index (χ2v) is 36.2. The van der Waals surface area contributed by atoms with Crippen LogP contribution in [0.4, 0.5) is 28.4 Å². The number of pyridine rings is 5. The Bertz CT molecular complexity index is 4520. The molecule has 656 valence electrons. The minimum atomic E-state index is 0.734. The molecule has 0 spiro atoms. The van der Waals surface area contributed by atoms with Crippen molar-refractivity contribution in [3.8, 4) is 0 Å². The van der Waals surface area contributed by atoms with Crippen LogP contribution in [0, 0.1) is 6.92 Å².